The Kier molecular flexibility index (Phi) is 4.53. The van der Waals surface area contributed by atoms with Crippen molar-refractivity contribution in [1.29, 1.82) is 0 Å². The van der Waals surface area contributed by atoms with Gasteiger partial charge in [0.05, 0.1) is 12.6 Å². The van der Waals surface area contributed by atoms with Gasteiger partial charge in [-0.15, -0.1) is 0 Å². The van der Waals surface area contributed by atoms with Crippen LogP contribution >= 0.6 is 0 Å². The van der Waals surface area contributed by atoms with Gasteiger partial charge in [0.2, 0.25) is 0 Å². The maximum absolute atomic E-state index is 11.8. The van der Waals surface area contributed by atoms with Crippen molar-refractivity contribution in [2.45, 2.75) is 6.04 Å². The first kappa shape index (κ1) is 13.1. The molecule has 0 heterocycles. The average molecular weight is 256 g/mol. The summed E-state index contributed by atoms with van der Waals surface area (Å²) in [6.07, 6.45) is 0. The molecule has 0 radical (unpaired) electrons. The van der Waals surface area contributed by atoms with Crippen LogP contribution in [0.25, 0.3) is 0 Å². The number of hydrogen-bond acceptors (Lipinski definition) is 2. The molecule has 4 heteroatoms. The summed E-state index contributed by atoms with van der Waals surface area (Å²) in [5.74, 6) is 0. The molecule has 0 aliphatic rings. The van der Waals surface area contributed by atoms with Crippen LogP contribution in [0.2, 0.25) is 0 Å². The van der Waals surface area contributed by atoms with E-state index < -0.39 is 6.04 Å². The van der Waals surface area contributed by atoms with Crippen LogP contribution in [0.5, 0.6) is 0 Å². The molecule has 98 valence electrons. The summed E-state index contributed by atoms with van der Waals surface area (Å²) in [4.78, 5) is 11.8. The standard InChI is InChI=1S/C15H16N2O2/c18-11-14(12-7-3-1-4-8-12)17-15(19)16-13-9-5-2-6-10-13/h1-10,14,18H,11H2,(H2,16,17,19). The fourth-order valence-electron chi connectivity index (χ4n) is 1.77. The Bertz CT molecular complexity index is 514. The molecule has 1 unspecified atom stereocenters. The molecule has 2 aromatic rings. The molecule has 0 aromatic heterocycles. The van der Waals surface area contributed by atoms with E-state index in [0.29, 0.717) is 5.69 Å². The summed E-state index contributed by atoms with van der Waals surface area (Å²) in [7, 11) is 0. The number of benzene rings is 2. The van der Waals surface area contributed by atoms with Gasteiger partial charge in [0.1, 0.15) is 0 Å². The number of rotatable bonds is 4. The van der Waals surface area contributed by atoms with Crippen molar-refractivity contribution in [3.05, 3.63) is 66.2 Å². The summed E-state index contributed by atoms with van der Waals surface area (Å²) < 4.78 is 0. The predicted octanol–water partition coefficient (Wildman–Crippen LogP) is 2.54. The minimum absolute atomic E-state index is 0.147. The van der Waals surface area contributed by atoms with E-state index in [9.17, 15) is 9.90 Å². The molecule has 4 nitrogen and oxygen atoms in total. The van der Waals surface area contributed by atoms with Gasteiger partial charge in [0.15, 0.2) is 0 Å². The molecule has 0 fully saturated rings. The van der Waals surface area contributed by atoms with Crippen LogP contribution in [0.4, 0.5) is 10.5 Å². The third-order valence-corrected chi connectivity index (χ3v) is 2.72. The molecule has 0 saturated heterocycles. The zero-order chi connectivity index (χ0) is 13.5. The molecule has 1 atom stereocenters. The van der Waals surface area contributed by atoms with Crippen LogP contribution in [0.15, 0.2) is 60.7 Å². The Morgan fingerprint density at radius 3 is 2.16 bits per heavy atom. The largest absolute Gasteiger partial charge is 0.394 e. The fraction of sp³-hybridized carbons (Fsp3) is 0.133. The summed E-state index contributed by atoms with van der Waals surface area (Å²) >= 11 is 0. The minimum Gasteiger partial charge on any atom is -0.394 e. The third-order valence-electron chi connectivity index (χ3n) is 2.72. The Labute approximate surface area is 112 Å². The van der Waals surface area contributed by atoms with Gasteiger partial charge in [-0.25, -0.2) is 4.79 Å². The van der Waals surface area contributed by atoms with E-state index in [1.165, 1.54) is 0 Å². The number of aliphatic hydroxyl groups excluding tert-OH is 1. The van der Waals surface area contributed by atoms with Gasteiger partial charge in [0.25, 0.3) is 0 Å². The minimum atomic E-state index is -0.412. The molecule has 2 aromatic carbocycles. The van der Waals surface area contributed by atoms with Crippen molar-refractivity contribution in [3.8, 4) is 0 Å². The van der Waals surface area contributed by atoms with E-state index in [1.54, 1.807) is 12.1 Å². The number of nitrogens with one attached hydrogen (secondary N) is 2. The second-order valence-corrected chi connectivity index (χ2v) is 4.11. The second kappa shape index (κ2) is 6.56. The number of hydrogen-bond donors (Lipinski definition) is 3. The number of urea groups is 1. The maximum Gasteiger partial charge on any atom is 0.319 e. The first-order valence-electron chi connectivity index (χ1n) is 6.08. The molecule has 0 aliphatic carbocycles. The topological polar surface area (TPSA) is 61.4 Å². The number of carbonyl (C=O) groups is 1. The lowest BCUT2D eigenvalue weighted by molar-refractivity contribution is 0.225. The summed E-state index contributed by atoms with van der Waals surface area (Å²) in [5.41, 5.74) is 1.58. The molecule has 0 bridgehead atoms. The highest BCUT2D eigenvalue weighted by molar-refractivity contribution is 5.89. The number of aliphatic hydroxyl groups is 1. The van der Waals surface area contributed by atoms with E-state index in [1.807, 2.05) is 48.5 Å². The molecular weight excluding hydrogens is 240 g/mol. The van der Waals surface area contributed by atoms with E-state index in [2.05, 4.69) is 10.6 Å². The SMILES string of the molecule is O=C(Nc1ccccc1)NC(CO)c1ccccc1. The Balaban J connectivity index is 1.97. The second-order valence-electron chi connectivity index (χ2n) is 4.11. The van der Waals surface area contributed by atoms with Crippen LogP contribution in [0.3, 0.4) is 0 Å². The van der Waals surface area contributed by atoms with E-state index in [-0.39, 0.29) is 12.6 Å². The quantitative estimate of drug-likeness (QED) is 0.787. The smallest absolute Gasteiger partial charge is 0.319 e. The fourth-order valence-corrected chi connectivity index (χ4v) is 1.77. The maximum atomic E-state index is 11.8. The van der Waals surface area contributed by atoms with Crippen molar-refractivity contribution < 1.29 is 9.90 Å². The van der Waals surface area contributed by atoms with Gasteiger partial charge in [-0.3, -0.25) is 0 Å². The van der Waals surface area contributed by atoms with Gasteiger partial charge >= 0.3 is 6.03 Å². The monoisotopic (exact) mass is 256 g/mol. The lowest BCUT2D eigenvalue weighted by Crippen LogP contribution is -2.34. The predicted molar refractivity (Wildman–Crippen MR) is 74.9 cm³/mol. The molecule has 0 aliphatic heterocycles. The van der Waals surface area contributed by atoms with Gasteiger partial charge in [-0.05, 0) is 17.7 Å². The third kappa shape index (κ3) is 3.82. The summed E-state index contributed by atoms with van der Waals surface area (Å²) in [5, 5.41) is 14.8. The normalized spacial score (nSPS) is 11.6. The lowest BCUT2D eigenvalue weighted by atomic mass is 10.1. The van der Waals surface area contributed by atoms with E-state index in [0.717, 1.165) is 5.56 Å². The van der Waals surface area contributed by atoms with Crippen LogP contribution in [-0.2, 0) is 0 Å². The number of anilines is 1. The van der Waals surface area contributed by atoms with E-state index in [4.69, 9.17) is 0 Å². The zero-order valence-electron chi connectivity index (χ0n) is 10.4. The van der Waals surface area contributed by atoms with Crippen molar-refractivity contribution >= 4 is 11.7 Å². The van der Waals surface area contributed by atoms with E-state index >= 15 is 0 Å². The van der Waals surface area contributed by atoms with Gasteiger partial charge in [-0.2, -0.15) is 0 Å². The molecule has 2 amide bonds. The van der Waals surface area contributed by atoms with Crippen LogP contribution in [0.1, 0.15) is 11.6 Å². The van der Waals surface area contributed by atoms with Gasteiger partial charge in [-0.1, -0.05) is 48.5 Å². The molecular formula is C15H16N2O2. The Morgan fingerprint density at radius 2 is 1.58 bits per heavy atom. The highest BCUT2D eigenvalue weighted by atomic mass is 16.3. The van der Waals surface area contributed by atoms with Crippen molar-refractivity contribution in [1.82, 2.24) is 5.32 Å². The number of amides is 2. The molecule has 19 heavy (non-hydrogen) atoms. The van der Waals surface area contributed by atoms with Crippen LogP contribution < -0.4 is 10.6 Å². The van der Waals surface area contributed by atoms with Crippen LogP contribution in [-0.4, -0.2) is 17.7 Å². The first-order valence-corrected chi connectivity index (χ1v) is 6.08. The first-order chi connectivity index (χ1) is 9.29. The summed E-state index contributed by atoms with van der Waals surface area (Å²) in [6.45, 7) is -0.147. The molecule has 2 rings (SSSR count). The van der Waals surface area contributed by atoms with Crippen molar-refractivity contribution in [2.24, 2.45) is 0 Å². The molecule has 0 spiro atoms. The molecule has 0 saturated carbocycles. The molecule has 3 N–H and O–H groups in total. The number of para-hydroxylation sites is 1. The van der Waals surface area contributed by atoms with Crippen molar-refractivity contribution in [3.63, 3.8) is 0 Å². The van der Waals surface area contributed by atoms with Crippen LogP contribution in [0, 0.1) is 0 Å². The van der Waals surface area contributed by atoms with Gasteiger partial charge < -0.3 is 15.7 Å². The Morgan fingerprint density at radius 1 is 1.00 bits per heavy atom. The highest BCUT2D eigenvalue weighted by Gasteiger charge is 2.12. The zero-order valence-corrected chi connectivity index (χ0v) is 10.4. The Hall–Kier alpha value is -2.33. The van der Waals surface area contributed by atoms with Gasteiger partial charge in [0, 0.05) is 5.69 Å². The average Bonchev–Trinajstić information content (AvgIpc) is 2.47. The van der Waals surface area contributed by atoms with Crippen molar-refractivity contribution in [2.75, 3.05) is 11.9 Å². The lowest BCUT2D eigenvalue weighted by Gasteiger charge is -2.17. The summed E-state index contributed by atoms with van der Waals surface area (Å²) in [6, 6.07) is 17.8. The highest BCUT2D eigenvalue weighted by Crippen LogP contribution is 2.12. The number of carbonyl (C=O) groups excluding carboxylic acids is 1.